The third-order valence-corrected chi connectivity index (χ3v) is 4.92. The molecule has 0 saturated heterocycles. The highest BCUT2D eigenvalue weighted by Gasteiger charge is 2.47. The molecule has 1 unspecified atom stereocenters. The molecule has 1 aromatic rings. The Labute approximate surface area is 101 Å². The predicted molar refractivity (Wildman–Crippen MR) is 58.9 cm³/mol. The van der Waals surface area contributed by atoms with E-state index in [4.69, 9.17) is 10.9 Å². The Morgan fingerprint density at radius 1 is 1.06 bits per heavy atom. The van der Waals surface area contributed by atoms with Gasteiger partial charge in [-0.25, -0.2) is 9.35 Å². The van der Waals surface area contributed by atoms with Crippen molar-refractivity contribution >= 4 is 25.6 Å². The number of nitrogens with two attached hydrogens (primary N) is 2. The van der Waals surface area contributed by atoms with Crippen molar-refractivity contribution in [3.05, 3.63) is 24.3 Å². The van der Waals surface area contributed by atoms with E-state index in [1.54, 1.807) is 0 Å². The van der Waals surface area contributed by atoms with Crippen LogP contribution in [0.5, 0.6) is 0 Å². The summed E-state index contributed by atoms with van der Waals surface area (Å²) in [6.07, 6.45) is 0. The fourth-order valence-electron chi connectivity index (χ4n) is 0.894. The van der Waals surface area contributed by atoms with Gasteiger partial charge in [0.15, 0.2) is 0 Å². The number of rotatable bonds is 2. The normalized spacial score (nSPS) is 16.0. The van der Waals surface area contributed by atoms with Crippen LogP contribution in [-0.4, -0.2) is 18.1 Å². The topological polar surface area (TPSA) is 116 Å². The zero-order valence-electron chi connectivity index (χ0n) is 8.59. The van der Waals surface area contributed by atoms with Gasteiger partial charge >= 0.3 is 15.5 Å². The van der Waals surface area contributed by atoms with Crippen molar-refractivity contribution in [3.8, 4) is 0 Å². The molecule has 0 aliphatic heterocycles. The number of alkyl halides is 3. The molecule has 4 N–H and O–H groups in total. The minimum atomic E-state index is -5.92. The van der Waals surface area contributed by atoms with Crippen molar-refractivity contribution < 1.29 is 25.8 Å². The van der Waals surface area contributed by atoms with Crippen molar-refractivity contribution in [2.45, 2.75) is 10.4 Å². The lowest BCUT2D eigenvalue weighted by molar-refractivity contribution is -0.0434. The van der Waals surface area contributed by atoms with E-state index < -0.39 is 25.4 Å². The summed E-state index contributed by atoms with van der Waals surface area (Å²) >= 11 is 0. The first-order valence-corrected chi connectivity index (χ1v) is 7.20. The Bertz CT molecular complexity index is 657. The number of benzene rings is 1. The fraction of sp³-hybridized carbons (Fsp3) is 0.143. The van der Waals surface area contributed by atoms with Gasteiger partial charge in [-0.05, 0) is 24.3 Å². The number of hydrogen-bond donors (Lipinski definition) is 2. The van der Waals surface area contributed by atoms with Gasteiger partial charge in [0.05, 0.1) is 4.90 Å². The van der Waals surface area contributed by atoms with Gasteiger partial charge in [-0.3, -0.25) is 0 Å². The number of anilines is 1. The van der Waals surface area contributed by atoms with Gasteiger partial charge in [0.25, 0.3) is 0 Å². The second-order valence-corrected chi connectivity index (χ2v) is 6.75. The summed E-state index contributed by atoms with van der Waals surface area (Å²) in [7, 11) is -10.1. The second-order valence-electron chi connectivity index (χ2n) is 3.13. The second kappa shape index (κ2) is 4.40. The van der Waals surface area contributed by atoms with E-state index in [2.05, 4.69) is 3.77 Å². The molecule has 6 nitrogen and oxygen atoms in total. The van der Waals surface area contributed by atoms with Crippen LogP contribution in [0.15, 0.2) is 32.9 Å². The number of sulfonamides is 1. The molecule has 0 radical (unpaired) electrons. The number of halogens is 3. The summed E-state index contributed by atoms with van der Waals surface area (Å²) in [6.45, 7) is 0. The lowest BCUT2D eigenvalue weighted by atomic mass is 10.3. The molecule has 0 fully saturated rings. The third kappa shape index (κ3) is 3.11. The average Bonchev–Trinajstić information content (AvgIpc) is 2.14. The van der Waals surface area contributed by atoms with Gasteiger partial charge in [0.1, 0.15) is 9.92 Å². The molecule has 11 heteroatoms. The first-order valence-electron chi connectivity index (χ1n) is 4.19. The van der Waals surface area contributed by atoms with Crippen LogP contribution in [0.1, 0.15) is 0 Å². The molecule has 0 bridgehead atoms. The average molecular weight is 303 g/mol. The Morgan fingerprint density at radius 3 is 1.89 bits per heavy atom. The molecular formula is C7H8F3N3O3S2. The standard InChI is InChI=1S/C7H8F3N3O3S2/c8-7(9,10)18(15,16)13-17(12,14)6-3-1-5(11)2-4-6/h1-4H,11H2,(H2,12,13,14). The van der Waals surface area contributed by atoms with Gasteiger partial charge < -0.3 is 5.73 Å². The van der Waals surface area contributed by atoms with E-state index >= 15 is 0 Å². The Morgan fingerprint density at radius 2 is 1.50 bits per heavy atom. The zero-order chi connectivity index (χ0) is 14.2. The van der Waals surface area contributed by atoms with Crippen LogP contribution in [-0.2, 0) is 19.9 Å². The maximum absolute atomic E-state index is 12.1. The van der Waals surface area contributed by atoms with Crippen molar-refractivity contribution in [3.63, 3.8) is 0 Å². The lowest BCUT2D eigenvalue weighted by Gasteiger charge is -2.07. The van der Waals surface area contributed by atoms with Gasteiger partial charge in [0, 0.05) is 5.69 Å². The number of nitrogens with zero attached hydrogens (tertiary/aromatic N) is 1. The minimum Gasteiger partial charge on any atom is -0.399 e. The number of hydrogen-bond acceptors (Lipinski definition) is 4. The highest BCUT2D eigenvalue weighted by atomic mass is 32.3. The third-order valence-electron chi connectivity index (χ3n) is 1.72. The molecule has 0 aliphatic carbocycles. The van der Waals surface area contributed by atoms with Crippen molar-refractivity contribution in [1.82, 2.24) is 0 Å². The van der Waals surface area contributed by atoms with Crippen molar-refractivity contribution in [1.29, 1.82) is 0 Å². The van der Waals surface area contributed by atoms with Crippen LogP contribution in [0, 0.1) is 0 Å². The Kier molecular flexibility index (Phi) is 3.60. The van der Waals surface area contributed by atoms with E-state index in [1.807, 2.05) is 0 Å². The van der Waals surface area contributed by atoms with E-state index in [0.717, 1.165) is 12.1 Å². The first kappa shape index (κ1) is 14.7. The van der Waals surface area contributed by atoms with Crippen LogP contribution in [0.3, 0.4) is 0 Å². The molecule has 0 spiro atoms. The summed E-state index contributed by atoms with van der Waals surface area (Å²) in [5, 5.41) is 5.01. The van der Waals surface area contributed by atoms with Gasteiger partial charge in [-0.1, -0.05) is 3.77 Å². The largest absolute Gasteiger partial charge is 0.519 e. The van der Waals surface area contributed by atoms with E-state index in [0.29, 0.717) is 0 Å². The highest BCUT2D eigenvalue weighted by Crippen LogP contribution is 2.26. The Hall–Kier alpha value is -1.33. The molecule has 0 aliphatic rings. The summed E-state index contributed by atoms with van der Waals surface area (Å²) in [5.41, 5.74) is -0.103. The molecule has 0 aromatic heterocycles. The van der Waals surface area contributed by atoms with Gasteiger partial charge in [-0.2, -0.15) is 21.6 Å². The molecule has 1 atom stereocenters. The smallest absolute Gasteiger partial charge is 0.399 e. The van der Waals surface area contributed by atoms with E-state index in [-0.39, 0.29) is 10.6 Å². The highest BCUT2D eigenvalue weighted by molar-refractivity contribution is 8.02. The molecule has 0 saturated carbocycles. The van der Waals surface area contributed by atoms with E-state index in [9.17, 15) is 25.8 Å². The molecule has 18 heavy (non-hydrogen) atoms. The lowest BCUT2D eigenvalue weighted by Crippen LogP contribution is -2.24. The van der Waals surface area contributed by atoms with Crippen LogP contribution in [0.25, 0.3) is 0 Å². The van der Waals surface area contributed by atoms with Crippen LogP contribution >= 0.6 is 0 Å². The minimum absolute atomic E-state index is 0.243. The molecule has 0 amide bonds. The first-order chi connectivity index (χ1) is 7.96. The number of nitrogen functional groups attached to an aromatic ring is 1. The molecule has 1 rings (SSSR count). The van der Waals surface area contributed by atoms with Crippen LogP contribution in [0.2, 0.25) is 0 Å². The maximum Gasteiger partial charge on any atom is 0.519 e. The zero-order valence-corrected chi connectivity index (χ0v) is 10.2. The maximum atomic E-state index is 12.1. The van der Waals surface area contributed by atoms with Gasteiger partial charge in [0.2, 0.25) is 0 Å². The van der Waals surface area contributed by atoms with Crippen LogP contribution < -0.4 is 10.9 Å². The van der Waals surface area contributed by atoms with Crippen molar-refractivity contribution in [2.75, 3.05) is 5.73 Å². The molecule has 102 valence electrons. The van der Waals surface area contributed by atoms with Crippen molar-refractivity contribution in [2.24, 2.45) is 8.91 Å². The summed E-state index contributed by atoms with van der Waals surface area (Å²) < 4.78 is 71.5. The summed E-state index contributed by atoms with van der Waals surface area (Å²) in [5.74, 6) is 0. The fourth-order valence-corrected chi connectivity index (χ4v) is 3.27. The molecular weight excluding hydrogens is 295 g/mol. The molecule has 0 heterocycles. The van der Waals surface area contributed by atoms with Gasteiger partial charge in [-0.15, -0.1) is 0 Å². The van der Waals surface area contributed by atoms with E-state index in [1.165, 1.54) is 12.1 Å². The Balaban J connectivity index is 3.40. The molecule has 1 aromatic carbocycles. The quantitative estimate of drug-likeness (QED) is 0.787. The summed E-state index contributed by atoms with van der Waals surface area (Å²) in [4.78, 5) is -0.371. The predicted octanol–water partition coefficient (Wildman–Crippen LogP) is 0.819. The SMILES string of the molecule is Nc1ccc(S(N)(=O)=NS(=O)(=O)C(F)(F)F)cc1. The summed E-state index contributed by atoms with van der Waals surface area (Å²) in [6, 6.07) is 4.48. The monoisotopic (exact) mass is 303 g/mol. The van der Waals surface area contributed by atoms with Crippen LogP contribution in [0.4, 0.5) is 18.9 Å².